The van der Waals surface area contributed by atoms with E-state index < -0.39 is 5.97 Å². The lowest BCUT2D eigenvalue weighted by Gasteiger charge is -2.04. The third-order valence-corrected chi connectivity index (χ3v) is 2.25. The van der Waals surface area contributed by atoms with E-state index in [2.05, 4.69) is 5.32 Å². The van der Waals surface area contributed by atoms with Gasteiger partial charge < -0.3 is 10.4 Å². The molecule has 0 heterocycles. The van der Waals surface area contributed by atoms with E-state index in [-0.39, 0.29) is 18.9 Å². The molecule has 0 aliphatic carbocycles. The first-order valence-electron chi connectivity index (χ1n) is 6.22. The Kier molecular flexibility index (Phi) is 8.27. The summed E-state index contributed by atoms with van der Waals surface area (Å²) in [5, 5.41) is 11.0. The molecule has 0 fully saturated rings. The van der Waals surface area contributed by atoms with Crippen molar-refractivity contribution in [2.45, 2.75) is 33.6 Å². The number of hydrogen-bond acceptors (Lipinski definition) is 2. The number of aliphatic carboxylic acids is 1. The Morgan fingerprint density at radius 3 is 2.17 bits per heavy atom. The van der Waals surface area contributed by atoms with E-state index in [0.29, 0.717) is 5.56 Å². The monoisotopic (exact) mass is 251 g/mol. The summed E-state index contributed by atoms with van der Waals surface area (Å²) >= 11 is 0. The summed E-state index contributed by atoms with van der Waals surface area (Å²) in [5.41, 5.74) is 1.73. The van der Waals surface area contributed by atoms with Crippen LogP contribution >= 0.6 is 0 Å². The first-order valence-corrected chi connectivity index (χ1v) is 6.22. The van der Waals surface area contributed by atoms with Crippen LogP contribution in [0.4, 0.5) is 0 Å². The van der Waals surface area contributed by atoms with Crippen LogP contribution in [0.25, 0.3) is 0 Å². The highest BCUT2D eigenvalue weighted by Crippen LogP contribution is 2.04. The molecule has 0 bridgehead atoms. The van der Waals surface area contributed by atoms with Crippen molar-refractivity contribution in [2.75, 3.05) is 6.54 Å². The first-order chi connectivity index (χ1) is 8.63. The highest BCUT2D eigenvalue weighted by molar-refractivity contribution is 5.94. The number of carboxylic acids is 1. The van der Waals surface area contributed by atoms with Gasteiger partial charge in [0.25, 0.3) is 5.91 Å². The number of carbonyl (C=O) groups is 2. The minimum atomic E-state index is -0.915. The highest BCUT2D eigenvalue weighted by atomic mass is 16.4. The van der Waals surface area contributed by atoms with E-state index in [1.807, 2.05) is 32.9 Å². The molecular formula is C14H21NO3. The smallest absolute Gasteiger partial charge is 0.305 e. The van der Waals surface area contributed by atoms with Crippen LogP contribution in [0, 0.1) is 0 Å². The first kappa shape index (κ1) is 16.2. The standard InChI is InChI=1S/C12H15NO3.C2H6/c1-2-9-3-5-10(6-4-9)12(16)13-8-7-11(14)15;1-2/h3-6H,2,7-8H2,1H3,(H,13,16)(H,14,15);1-2H3. The molecule has 0 atom stereocenters. The molecule has 1 amide bonds. The number of hydrogen-bond donors (Lipinski definition) is 2. The third-order valence-electron chi connectivity index (χ3n) is 2.25. The zero-order valence-electron chi connectivity index (χ0n) is 11.2. The molecule has 1 aromatic rings. The van der Waals surface area contributed by atoms with Crippen molar-refractivity contribution in [3.63, 3.8) is 0 Å². The fourth-order valence-corrected chi connectivity index (χ4v) is 1.28. The number of rotatable bonds is 5. The van der Waals surface area contributed by atoms with Crippen molar-refractivity contribution < 1.29 is 14.7 Å². The van der Waals surface area contributed by atoms with Crippen molar-refractivity contribution in [3.8, 4) is 0 Å². The van der Waals surface area contributed by atoms with Crippen LogP contribution < -0.4 is 5.32 Å². The van der Waals surface area contributed by atoms with Crippen molar-refractivity contribution in [2.24, 2.45) is 0 Å². The Morgan fingerprint density at radius 1 is 1.17 bits per heavy atom. The minimum Gasteiger partial charge on any atom is -0.481 e. The molecule has 0 spiro atoms. The van der Waals surface area contributed by atoms with Gasteiger partial charge in [0.05, 0.1) is 6.42 Å². The lowest BCUT2D eigenvalue weighted by Crippen LogP contribution is -2.25. The van der Waals surface area contributed by atoms with E-state index in [4.69, 9.17) is 5.11 Å². The second-order valence-corrected chi connectivity index (χ2v) is 3.45. The van der Waals surface area contributed by atoms with Crippen LogP contribution in [0.2, 0.25) is 0 Å². The second kappa shape index (κ2) is 9.22. The van der Waals surface area contributed by atoms with Gasteiger partial charge in [0.2, 0.25) is 0 Å². The number of benzene rings is 1. The van der Waals surface area contributed by atoms with Crippen molar-refractivity contribution in [1.82, 2.24) is 5.32 Å². The van der Waals surface area contributed by atoms with Gasteiger partial charge in [0.1, 0.15) is 0 Å². The van der Waals surface area contributed by atoms with E-state index >= 15 is 0 Å². The van der Waals surface area contributed by atoms with Gasteiger partial charge in [-0.1, -0.05) is 32.9 Å². The molecule has 1 aromatic carbocycles. The molecule has 0 radical (unpaired) electrons. The summed E-state index contributed by atoms with van der Waals surface area (Å²) in [7, 11) is 0. The molecular weight excluding hydrogens is 230 g/mol. The summed E-state index contributed by atoms with van der Waals surface area (Å²) < 4.78 is 0. The average molecular weight is 251 g/mol. The summed E-state index contributed by atoms with van der Waals surface area (Å²) in [6, 6.07) is 7.28. The van der Waals surface area contributed by atoms with Crippen molar-refractivity contribution in [1.29, 1.82) is 0 Å². The zero-order valence-corrected chi connectivity index (χ0v) is 11.2. The van der Waals surface area contributed by atoms with Crippen LogP contribution in [-0.4, -0.2) is 23.5 Å². The number of carboxylic acid groups (broad SMARTS) is 1. The molecule has 2 N–H and O–H groups in total. The van der Waals surface area contributed by atoms with Crippen LogP contribution in [0.3, 0.4) is 0 Å². The number of aryl methyl sites for hydroxylation is 1. The van der Waals surface area contributed by atoms with Gasteiger partial charge in [0.15, 0.2) is 0 Å². The normalized spacial score (nSPS) is 9.06. The van der Waals surface area contributed by atoms with Crippen LogP contribution in [-0.2, 0) is 11.2 Å². The van der Waals surface area contributed by atoms with E-state index in [9.17, 15) is 9.59 Å². The van der Waals surface area contributed by atoms with Crippen LogP contribution in [0.15, 0.2) is 24.3 Å². The Balaban J connectivity index is 0.00000137. The largest absolute Gasteiger partial charge is 0.481 e. The molecule has 0 aromatic heterocycles. The van der Waals surface area contributed by atoms with Crippen LogP contribution in [0.5, 0.6) is 0 Å². The van der Waals surface area contributed by atoms with E-state index in [1.165, 1.54) is 5.56 Å². The summed E-state index contributed by atoms with van der Waals surface area (Å²) in [6.07, 6.45) is 0.875. The maximum Gasteiger partial charge on any atom is 0.305 e. The zero-order chi connectivity index (χ0) is 14.0. The van der Waals surface area contributed by atoms with Gasteiger partial charge in [-0.3, -0.25) is 9.59 Å². The minimum absolute atomic E-state index is 0.0568. The molecule has 0 saturated carbocycles. The second-order valence-electron chi connectivity index (χ2n) is 3.45. The molecule has 0 saturated heterocycles. The van der Waals surface area contributed by atoms with Crippen molar-refractivity contribution in [3.05, 3.63) is 35.4 Å². The van der Waals surface area contributed by atoms with Gasteiger partial charge in [0, 0.05) is 12.1 Å². The van der Waals surface area contributed by atoms with Gasteiger partial charge in [-0.25, -0.2) is 0 Å². The Hall–Kier alpha value is -1.84. The molecule has 1 rings (SSSR count). The van der Waals surface area contributed by atoms with E-state index in [1.54, 1.807) is 12.1 Å². The average Bonchev–Trinajstić information content (AvgIpc) is 2.40. The van der Waals surface area contributed by atoms with Gasteiger partial charge in [-0.2, -0.15) is 0 Å². The number of amides is 1. The molecule has 100 valence electrons. The maximum atomic E-state index is 11.5. The predicted octanol–water partition coefficient (Wildman–Crippen LogP) is 2.48. The molecule has 4 nitrogen and oxygen atoms in total. The number of carbonyl (C=O) groups excluding carboxylic acids is 1. The SMILES string of the molecule is CC.CCc1ccc(C(=O)NCCC(=O)O)cc1. The quantitative estimate of drug-likeness (QED) is 0.844. The molecule has 18 heavy (non-hydrogen) atoms. The number of nitrogens with one attached hydrogen (secondary N) is 1. The predicted molar refractivity (Wildman–Crippen MR) is 71.8 cm³/mol. The summed E-state index contributed by atoms with van der Waals surface area (Å²) in [5.74, 6) is -1.15. The van der Waals surface area contributed by atoms with Gasteiger partial charge >= 0.3 is 5.97 Å². The Bertz CT molecular complexity index is 371. The van der Waals surface area contributed by atoms with Gasteiger partial charge in [-0.05, 0) is 24.1 Å². The third kappa shape index (κ3) is 6.03. The maximum absolute atomic E-state index is 11.5. The summed E-state index contributed by atoms with van der Waals surface area (Å²) in [4.78, 5) is 21.8. The summed E-state index contributed by atoms with van der Waals surface area (Å²) in [6.45, 7) is 6.20. The molecule has 0 aliphatic heterocycles. The fraction of sp³-hybridized carbons (Fsp3) is 0.429. The van der Waals surface area contributed by atoms with Crippen molar-refractivity contribution >= 4 is 11.9 Å². The topological polar surface area (TPSA) is 66.4 Å². The molecule has 0 aliphatic rings. The molecule has 4 heteroatoms. The Labute approximate surface area is 108 Å². The van der Waals surface area contributed by atoms with Gasteiger partial charge in [-0.15, -0.1) is 0 Å². The fourth-order valence-electron chi connectivity index (χ4n) is 1.28. The lowest BCUT2D eigenvalue weighted by molar-refractivity contribution is -0.136. The highest BCUT2D eigenvalue weighted by Gasteiger charge is 2.05. The van der Waals surface area contributed by atoms with Crippen LogP contribution in [0.1, 0.15) is 43.1 Å². The molecule has 0 unspecified atom stereocenters. The van der Waals surface area contributed by atoms with E-state index in [0.717, 1.165) is 6.42 Å². The Morgan fingerprint density at radius 2 is 1.72 bits per heavy atom. The lowest BCUT2D eigenvalue weighted by atomic mass is 10.1.